The second-order valence-electron chi connectivity index (χ2n) is 5.30. The van der Waals surface area contributed by atoms with Crippen molar-refractivity contribution in [1.29, 1.82) is 0 Å². The lowest BCUT2D eigenvalue weighted by molar-refractivity contribution is -0.117. The van der Waals surface area contributed by atoms with E-state index in [1.54, 1.807) is 12.1 Å². The minimum atomic E-state index is -0.146. The van der Waals surface area contributed by atoms with Gasteiger partial charge in [0.1, 0.15) is 5.84 Å². The molecule has 0 radical (unpaired) electrons. The van der Waals surface area contributed by atoms with Gasteiger partial charge in [-0.3, -0.25) is 4.79 Å². The molecule has 1 aromatic carbocycles. The van der Waals surface area contributed by atoms with Gasteiger partial charge in [0.2, 0.25) is 5.91 Å². The molecule has 1 rings (SSSR count). The molecular weight excluding hydrogens is 321 g/mol. The van der Waals surface area contributed by atoms with Gasteiger partial charge in [0.05, 0.1) is 10.0 Å². The maximum Gasteiger partial charge on any atom is 0.247 e. The van der Waals surface area contributed by atoms with Crippen molar-refractivity contribution >= 4 is 40.6 Å². The normalized spacial score (nSPS) is 13.0. The number of nitrogens with one attached hydrogen (secondary N) is 1. The van der Waals surface area contributed by atoms with E-state index in [0.29, 0.717) is 28.8 Å². The summed E-state index contributed by atoms with van der Waals surface area (Å²) in [5.74, 6) is 0.158. The monoisotopic (exact) mass is 343 g/mol. The molecule has 0 bridgehead atoms. The number of carbonyl (C=O) groups is 1. The average Bonchev–Trinajstić information content (AvgIpc) is 2.48. The van der Waals surface area contributed by atoms with Crippen molar-refractivity contribution in [2.24, 2.45) is 16.6 Å². The number of amidine groups is 1. The van der Waals surface area contributed by atoms with Crippen LogP contribution in [0.1, 0.15) is 39.5 Å². The van der Waals surface area contributed by atoms with Crippen LogP contribution in [0, 0.1) is 5.92 Å². The number of nitrogens with two attached hydrogens (primary N) is 1. The zero-order valence-corrected chi connectivity index (χ0v) is 14.5. The molecule has 0 spiro atoms. The fourth-order valence-electron chi connectivity index (χ4n) is 1.82. The molecule has 0 aromatic heterocycles. The van der Waals surface area contributed by atoms with Gasteiger partial charge in [-0.05, 0) is 24.6 Å². The van der Waals surface area contributed by atoms with E-state index in [9.17, 15) is 4.79 Å². The van der Waals surface area contributed by atoms with E-state index >= 15 is 0 Å². The van der Waals surface area contributed by atoms with Crippen molar-refractivity contribution in [3.8, 4) is 0 Å². The van der Waals surface area contributed by atoms with Crippen LogP contribution in [-0.4, -0.2) is 18.3 Å². The molecule has 1 atom stereocenters. The number of anilines is 1. The lowest BCUT2D eigenvalue weighted by Crippen LogP contribution is -2.28. The topological polar surface area (TPSA) is 67.5 Å². The number of amides is 1. The van der Waals surface area contributed by atoms with Crippen LogP contribution in [-0.2, 0) is 4.79 Å². The Kier molecular flexibility index (Phi) is 8.28. The minimum Gasteiger partial charge on any atom is -0.387 e. The first-order valence-electron chi connectivity index (χ1n) is 7.49. The van der Waals surface area contributed by atoms with Gasteiger partial charge in [-0.15, -0.1) is 0 Å². The highest BCUT2D eigenvalue weighted by Gasteiger charge is 2.09. The summed E-state index contributed by atoms with van der Waals surface area (Å²) in [4.78, 5) is 15.6. The summed E-state index contributed by atoms with van der Waals surface area (Å²) in [6.45, 7) is 4.58. The van der Waals surface area contributed by atoms with Crippen LogP contribution in [0.25, 0.3) is 0 Å². The van der Waals surface area contributed by atoms with Gasteiger partial charge < -0.3 is 11.1 Å². The lowest BCUT2D eigenvalue weighted by Gasteiger charge is -2.13. The van der Waals surface area contributed by atoms with Crippen LogP contribution in [0.15, 0.2) is 23.2 Å². The molecule has 122 valence electrons. The maximum absolute atomic E-state index is 11.7. The molecular formula is C16H23Cl2N3O. The Bertz CT molecular complexity index is 532. The third-order valence-electron chi connectivity index (χ3n) is 3.28. The summed E-state index contributed by atoms with van der Waals surface area (Å²) < 4.78 is 0. The van der Waals surface area contributed by atoms with E-state index in [1.807, 2.05) is 13.0 Å². The van der Waals surface area contributed by atoms with Crippen LogP contribution in [0.5, 0.6) is 0 Å². The molecule has 1 unspecified atom stereocenters. The molecule has 0 saturated carbocycles. The summed E-state index contributed by atoms with van der Waals surface area (Å²) in [6, 6.07) is 5.32. The molecule has 22 heavy (non-hydrogen) atoms. The fourth-order valence-corrected chi connectivity index (χ4v) is 2.12. The largest absolute Gasteiger partial charge is 0.387 e. The number of benzene rings is 1. The van der Waals surface area contributed by atoms with Crippen LogP contribution in [0.4, 0.5) is 5.69 Å². The Morgan fingerprint density at radius 3 is 2.68 bits per heavy atom. The Hall–Kier alpha value is -1.26. The van der Waals surface area contributed by atoms with Gasteiger partial charge in [-0.25, -0.2) is 4.99 Å². The zero-order chi connectivity index (χ0) is 16.5. The summed E-state index contributed by atoms with van der Waals surface area (Å²) in [7, 11) is 0. The van der Waals surface area contributed by atoms with Gasteiger partial charge in [0.15, 0.2) is 0 Å². The third kappa shape index (κ3) is 6.67. The van der Waals surface area contributed by atoms with Crippen molar-refractivity contribution in [2.75, 3.05) is 11.9 Å². The number of rotatable bonds is 8. The van der Waals surface area contributed by atoms with Crippen LogP contribution < -0.4 is 11.1 Å². The Labute approximate surface area is 142 Å². The molecule has 0 fully saturated rings. The molecule has 0 saturated heterocycles. The van der Waals surface area contributed by atoms with Crippen LogP contribution >= 0.6 is 23.2 Å². The SMILES string of the molecule is CCCCCC(=O)N=C(N)C(C)CNc1ccc(Cl)c(Cl)c1. The average molecular weight is 344 g/mol. The molecule has 1 aromatic rings. The second kappa shape index (κ2) is 9.70. The lowest BCUT2D eigenvalue weighted by atomic mass is 10.1. The summed E-state index contributed by atoms with van der Waals surface area (Å²) in [5.41, 5.74) is 6.73. The van der Waals surface area contributed by atoms with Gasteiger partial charge in [-0.1, -0.05) is 49.9 Å². The zero-order valence-electron chi connectivity index (χ0n) is 13.0. The quantitative estimate of drug-likeness (QED) is 0.414. The number of unbranched alkanes of at least 4 members (excludes halogenated alkanes) is 2. The van der Waals surface area contributed by atoms with Gasteiger partial charge in [0.25, 0.3) is 0 Å². The first kappa shape index (κ1) is 18.8. The second-order valence-corrected chi connectivity index (χ2v) is 6.11. The molecule has 3 N–H and O–H groups in total. The molecule has 4 nitrogen and oxygen atoms in total. The summed E-state index contributed by atoms with van der Waals surface area (Å²) in [6.07, 6.45) is 3.44. The molecule has 0 aliphatic heterocycles. The predicted molar refractivity (Wildman–Crippen MR) is 94.9 cm³/mol. The number of hydrogen-bond acceptors (Lipinski definition) is 2. The Balaban J connectivity index is 2.47. The van der Waals surface area contributed by atoms with Crippen molar-refractivity contribution in [3.63, 3.8) is 0 Å². The summed E-state index contributed by atoms with van der Waals surface area (Å²) in [5, 5.41) is 4.21. The Morgan fingerprint density at radius 2 is 2.05 bits per heavy atom. The smallest absolute Gasteiger partial charge is 0.247 e. The fraction of sp³-hybridized carbons (Fsp3) is 0.500. The van der Waals surface area contributed by atoms with E-state index in [0.717, 1.165) is 24.9 Å². The minimum absolute atomic E-state index is 0.0513. The van der Waals surface area contributed by atoms with Crippen molar-refractivity contribution in [2.45, 2.75) is 39.5 Å². The maximum atomic E-state index is 11.7. The molecule has 0 heterocycles. The number of hydrogen-bond donors (Lipinski definition) is 2. The highest BCUT2D eigenvalue weighted by molar-refractivity contribution is 6.42. The van der Waals surface area contributed by atoms with E-state index in [4.69, 9.17) is 28.9 Å². The van der Waals surface area contributed by atoms with E-state index in [1.165, 1.54) is 0 Å². The number of halogens is 2. The third-order valence-corrected chi connectivity index (χ3v) is 4.02. The molecule has 0 aliphatic carbocycles. The first-order chi connectivity index (χ1) is 10.4. The molecule has 1 amide bonds. The number of carbonyl (C=O) groups excluding carboxylic acids is 1. The predicted octanol–water partition coefficient (Wildman–Crippen LogP) is 4.51. The van der Waals surface area contributed by atoms with Crippen LogP contribution in [0.2, 0.25) is 10.0 Å². The standard InChI is InChI=1S/C16H23Cl2N3O/c1-3-4-5-6-15(22)21-16(19)11(2)10-20-12-7-8-13(17)14(18)9-12/h7-9,11,20H,3-6,10H2,1-2H3,(H2,19,21,22). The van der Waals surface area contributed by atoms with Gasteiger partial charge >= 0.3 is 0 Å². The highest BCUT2D eigenvalue weighted by Crippen LogP contribution is 2.25. The Morgan fingerprint density at radius 1 is 1.32 bits per heavy atom. The van der Waals surface area contributed by atoms with E-state index in [-0.39, 0.29) is 11.8 Å². The van der Waals surface area contributed by atoms with Crippen molar-refractivity contribution in [3.05, 3.63) is 28.2 Å². The number of aliphatic imine (C=N–C) groups is 1. The number of nitrogens with zero attached hydrogens (tertiary/aromatic N) is 1. The first-order valence-corrected chi connectivity index (χ1v) is 8.25. The van der Waals surface area contributed by atoms with E-state index in [2.05, 4.69) is 17.2 Å². The molecule has 0 aliphatic rings. The molecule has 6 heteroatoms. The van der Waals surface area contributed by atoms with E-state index < -0.39 is 0 Å². The van der Waals surface area contributed by atoms with Crippen molar-refractivity contribution < 1.29 is 4.79 Å². The highest BCUT2D eigenvalue weighted by atomic mass is 35.5. The van der Waals surface area contributed by atoms with Crippen molar-refractivity contribution in [1.82, 2.24) is 0 Å². The van der Waals surface area contributed by atoms with Gasteiger partial charge in [-0.2, -0.15) is 0 Å². The van der Waals surface area contributed by atoms with Crippen LogP contribution in [0.3, 0.4) is 0 Å². The summed E-state index contributed by atoms with van der Waals surface area (Å²) >= 11 is 11.8. The van der Waals surface area contributed by atoms with Gasteiger partial charge in [0, 0.05) is 24.6 Å².